The predicted octanol–water partition coefficient (Wildman–Crippen LogP) is -2.96. The van der Waals surface area contributed by atoms with Crippen LogP contribution in [0.15, 0.2) is 0 Å². The third-order valence-corrected chi connectivity index (χ3v) is 2.47. The van der Waals surface area contributed by atoms with Crippen molar-refractivity contribution in [2.75, 3.05) is 34.2 Å². The summed E-state index contributed by atoms with van der Waals surface area (Å²) in [6.07, 6.45) is -0.248. The van der Waals surface area contributed by atoms with Crippen molar-refractivity contribution in [1.82, 2.24) is 5.32 Å². The third-order valence-electron chi connectivity index (χ3n) is 2.47. The van der Waals surface area contributed by atoms with Crippen LogP contribution in [0.3, 0.4) is 0 Å². The molecule has 0 aromatic rings. The molecule has 2 amide bonds. The van der Waals surface area contributed by atoms with Crippen LogP contribution in [-0.2, 0) is 9.59 Å². The van der Waals surface area contributed by atoms with Crippen molar-refractivity contribution in [3.05, 3.63) is 0 Å². The molecule has 0 fully saturated rings. The lowest BCUT2D eigenvalue weighted by atomic mass is 10.2. The van der Waals surface area contributed by atoms with Gasteiger partial charge in [0.25, 0.3) is 0 Å². The molecule has 136 valence electrons. The lowest BCUT2D eigenvalue weighted by molar-refractivity contribution is -0.873. The number of nitrogens with two attached hydrogens (primary N) is 2. The zero-order chi connectivity index (χ0) is 18.6. The van der Waals surface area contributed by atoms with Gasteiger partial charge in [0.2, 0.25) is 0 Å². The summed E-state index contributed by atoms with van der Waals surface area (Å²) in [5.74, 6) is -2.24. The summed E-state index contributed by atoms with van der Waals surface area (Å²) in [6, 6.07) is -1.47. The van der Waals surface area contributed by atoms with Gasteiger partial charge in [0, 0.05) is 18.9 Å². The minimum absolute atomic E-state index is 0.282. The fourth-order valence-corrected chi connectivity index (χ4v) is 1.55. The minimum atomic E-state index is -1.20. The molecular weight excluding hydrogens is 308 g/mol. The first-order valence-electron chi connectivity index (χ1n) is 7.05. The first-order valence-corrected chi connectivity index (χ1v) is 7.05. The van der Waals surface area contributed by atoms with Gasteiger partial charge >= 0.3 is 12.0 Å². The molecule has 0 saturated carbocycles. The molecule has 0 aliphatic carbocycles. The summed E-state index contributed by atoms with van der Waals surface area (Å²) in [5, 5.41) is 29.8. The molecule has 0 radical (unpaired) electrons. The number of urea groups is 1. The number of likely N-dealkylation sites (N-methyl/N-ethyl adjacent to an activating group) is 1. The molecule has 0 bridgehead atoms. The second-order valence-corrected chi connectivity index (χ2v) is 6.08. The predicted molar refractivity (Wildman–Crippen MR) is 81.0 cm³/mol. The van der Waals surface area contributed by atoms with Crippen LogP contribution in [0.4, 0.5) is 4.79 Å². The number of quaternary nitrogens is 1. The van der Waals surface area contributed by atoms with E-state index in [1.54, 1.807) is 0 Å². The molecule has 2 atom stereocenters. The van der Waals surface area contributed by atoms with Crippen molar-refractivity contribution < 1.29 is 34.2 Å². The Hall–Kier alpha value is -1.91. The second kappa shape index (κ2) is 11.6. The van der Waals surface area contributed by atoms with Gasteiger partial charge in [0.1, 0.15) is 18.7 Å². The fourth-order valence-electron chi connectivity index (χ4n) is 1.55. The lowest BCUT2D eigenvalue weighted by Crippen LogP contribution is -2.43. The summed E-state index contributed by atoms with van der Waals surface area (Å²) in [5.41, 5.74) is 9.96. The van der Waals surface area contributed by atoms with E-state index >= 15 is 0 Å². The number of rotatable bonds is 9. The quantitative estimate of drug-likeness (QED) is 0.220. The third kappa shape index (κ3) is 20.1. The standard InChI is InChI=1S/C7H15NO3.C6H13N3O3/c1-8(2,3)5-6(9)4-7(10)11;7-4(5(10)11)2-1-3-9-6(8)12/h6,9H,4-5H2,1-3H3;4H,1-3,7H2,(H,10,11)(H3,8,9,12). The number of nitrogens with zero attached hydrogens (tertiary/aromatic N) is 1. The number of aliphatic hydroxyl groups is 1. The maximum Gasteiger partial charge on any atom is 0.320 e. The number of carboxylic acid groups (broad SMARTS) is 2. The SMILES string of the molecule is C[N+](C)(C)CC(O)CC(=O)[O-].NC(=O)NCCCC(N)C(=O)O. The number of aliphatic hydroxyl groups excluding tert-OH is 1. The monoisotopic (exact) mass is 336 g/mol. The Bertz CT molecular complexity index is 383. The highest BCUT2D eigenvalue weighted by Gasteiger charge is 2.14. The van der Waals surface area contributed by atoms with Crippen LogP contribution in [0, 0.1) is 0 Å². The molecule has 10 nitrogen and oxygen atoms in total. The van der Waals surface area contributed by atoms with Crippen LogP contribution >= 0.6 is 0 Å². The number of hydrogen-bond acceptors (Lipinski definition) is 6. The molecule has 0 spiro atoms. The highest BCUT2D eigenvalue weighted by Crippen LogP contribution is 1.97. The van der Waals surface area contributed by atoms with Gasteiger partial charge in [-0.2, -0.15) is 0 Å². The zero-order valence-corrected chi connectivity index (χ0v) is 13.8. The minimum Gasteiger partial charge on any atom is -0.550 e. The molecule has 0 saturated heterocycles. The van der Waals surface area contributed by atoms with Gasteiger partial charge in [-0.25, -0.2) is 4.79 Å². The summed E-state index contributed by atoms with van der Waals surface area (Å²) in [6.45, 7) is 0.782. The van der Waals surface area contributed by atoms with E-state index in [1.165, 1.54) is 0 Å². The van der Waals surface area contributed by atoms with E-state index in [-0.39, 0.29) is 6.42 Å². The Balaban J connectivity index is 0. The summed E-state index contributed by atoms with van der Waals surface area (Å²) in [4.78, 5) is 30.3. The van der Waals surface area contributed by atoms with Crippen molar-refractivity contribution in [3.63, 3.8) is 0 Å². The van der Waals surface area contributed by atoms with Crippen molar-refractivity contribution in [2.45, 2.75) is 31.4 Å². The smallest absolute Gasteiger partial charge is 0.320 e. The number of carbonyl (C=O) groups excluding carboxylic acids is 2. The van der Waals surface area contributed by atoms with E-state index < -0.39 is 30.1 Å². The molecule has 7 N–H and O–H groups in total. The summed E-state index contributed by atoms with van der Waals surface area (Å²) < 4.78 is 0.550. The average Bonchev–Trinajstić information content (AvgIpc) is 2.31. The van der Waals surface area contributed by atoms with Crippen LogP contribution in [0.25, 0.3) is 0 Å². The summed E-state index contributed by atoms with van der Waals surface area (Å²) >= 11 is 0. The molecule has 0 rings (SSSR count). The van der Waals surface area contributed by atoms with Crippen molar-refractivity contribution in [2.24, 2.45) is 11.5 Å². The molecule has 0 aliphatic rings. The molecule has 0 aromatic carbocycles. The maximum atomic E-state index is 10.2. The van der Waals surface area contributed by atoms with Crippen molar-refractivity contribution in [1.29, 1.82) is 0 Å². The van der Waals surface area contributed by atoms with Gasteiger partial charge in [-0.05, 0) is 12.8 Å². The first-order chi connectivity index (χ1) is 10.3. The number of amides is 2. The number of carboxylic acids is 2. The molecule has 23 heavy (non-hydrogen) atoms. The molecule has 0 heterocycles. The Kier molecular flexibility index (Phi) is 11.8. The zero-order valence-electron chi connectivity index (χ0n) is 13.8. The van der Waals surface area contributed by atoms with E-state index in [0.29, 0.717) is 30.4 Å². The highest BCUT2D eigenvalue weighted by atomic mass is 16.4. The van der Waals surface area contributed by atoms with Gasteiger partial charge in [-0.1, -0.05) is 0 Å². The molecular formula is C13H28N4O6. The second-order valence-electron chi connectivity index (χ2n) is 6.08. The van der Waals surface area contributed by atoms with E-state index in [1.807, 2.05) is 21.1 Å². The Morgan fingerprint density at radius 1 is 1.26 bits per heavy atom. The van der Waals surface area contributed by atoms with Crippen LogP contribution in [0.5, 0.6) is 0 Å². The van der Waals surface area contributed by atoms with Crippen LogP contribution in [0.2, 0.25) is 0 Å². The maximum absolute atomic E-state index is 10.2. The van der Waals surface area contributed by atoms with Gasteiger partial charge in [-0.15, -0.1) is 0 Å². The van der Waals surface area contributed by atoms with Crippen LogP contribution in [-0.4, -0.2) is 79.0 Å². The summed E-state index contributed by atoms with van der Waals surface area (Å²) in [7, 11) is 5.66. The van der Waals surface area contributed by atoms with Crippen LogP contribution in [0.1, 0.15) is 19.3 Å². The number of aliphatic carboxylic acids is 2. The Morgan fingerprint density at radius 2 is 1.78 bits per heavy atom. The fraction of sp³-hybridized carbons (Fsp3) is 0.769. The van der Waals surface area contributed by atoms with Gasteiger partial charge < -0.3 is 41.4 Å². The average molecular weight is 336 g/mol. The Morgan fingerprint density at radius 3 is 2.13 bits per heavy atom. The first kappa shape index (κ1) is 23.4. The number of nitrogens with one attached hydrogen (secondary N) is 1. The number of primary amides is 1. The normalized spacial score (nSPS) is 13.3. The lowest BCUT2D eigenvalue weighted by Gasteiger charge is -2.26. The van der Waals surface area contributed by atoms with Gasteiger partial charge in [0.05, 0.1) is 21.1 Å². The number of hydrogen-bond donors (Lipinski definition) is 5. The molecule has 0 aromatic heterocycles. The van der Waals surface area contributed by atoms with Gasteiger partial charge in [-0.3, -0.25) is 4.79 Å². The van der Waals surface area contributed by atoms with Crippen LogP contribution < -0.4 is 21.9 Å². The van der Waals surface area contributed by atoms with Crippen molar-refractivity contribution >= 4 is 18.0 Å². The van der Waals surface area contributed by atoms with E-state index in [0.717, 1.165) is 0 Å². The van der Waals surface area contributed by atoms with E-state index in [4.69, 9.17) is 21.7 Å². The van der Waals surface area contributed by atoms with Crippen molar-refractivity contribution in [3.8, 4) is 0 Å². The topological polar surface area (TPSA) is 179 Å². The molecule has 10 heteroatoms. The van der Waals surface area contributed by atoms with E-state index in [9.17, 15) is 19.5 Å². The molecule has 2 unspecified atom stereocenters. The largest absolute Gasteiger partial charge is 0.550 e. The number of carbonyl (C=O) groups is 3. The van der Waals surface area contributed by atoms with Gasteiger partial charge in [0.15, 0.2) is 0 Å². The molecule has 0 aliphatic heterocycles. The van der Waals surface area contributed by atoms with E-state index in [2.05, 4.69) is 5.32 Å². The Labute approximate surface area is 135 Å². The highest BCUT2D eigenvalue weighted by molar-refractivity contribution is 5.73.